The van der Waals surface area contributed by atoms with Crippen molar-refractivity contribution in [2.75, 3.05) is 0 Å². The average Bonchev–Trinajstić information content (AvgIpc) is 2.73. The van der Waals surface area contributed by atoms with E-state index in [1.807, 2.05) is 0 Å². The maximum absolute atomic E-state index is 10.5. The van der Waals surface area contributed by atoms with Crippen LogP contribution in [0.1, 0.15) is 11.7 Å². The summed E-state index contributed by atoms with van der Waals surface area (Å²) in [5.74, 6) is 1.13. The Kier molecular flexibility index (Phi) is 3.42. The molecule has 0 spiro atoms. The fourth-order valence-corrected chi connectivity index (χ4v) is 1.49. The first-order valence-corrected chi connectivity index (χ1v) is 5.30. The normalized spacial score (nSPS) is 10.3. The highest BCUT2D eigenvalue weighted by molar-refractivity contribution is 6.32. The third-order valence-corrected chi connectivity index (χ3v) is 2.34. The molecule has 8 heteroatoms. The number of nitro benzene ring substituents is 1. The molecule has 2 aromatic rings. The summed E-state index contributed by atoms with van der Waals surface area (Å²) in [6, 6.07) is 3.94. The summed E-state index contributed by atoms with van der Waals surface area (Å²) in [6.45, 7) is 1.74. The fraction of sp³-hybridized carbons (Fsp3) is 0.200. The van der Waals surface area contributed by atoms with E-state index in [0.29, 0.717) is 17.5 Å². The second kappa shape index (κ2) is 5.01. The Balaban J connectivity index is 2.08. The lowest BCUT2D eigenvalue weighted by atomic mass is 10.3. The summed E-state index contributed by atoms with van der Waals surface area (Å²) in [4.78, 5) is 13.9. The standard InChI is InChI=1S/C10H8ClN3O4/c1-6-12-10(18-13-6)5-17-9-3-2-7(14(15)16)4-8(9)11/h2-4H,5H2,1H3. The predicted molar refractivity (Wildman–Crippen MR) is 61.5 cm³/mol. The monoisotopic (exact) mass is 269 g/mol. The van der Waals surface area contributed by atoms with Crippen LogP contribution in [0.25, 0.3) is 0 Å². The molecule has 0 radical (unpaired) electrons. The predicted octanol–water partition coefficient (Wildman–Crippen LogP) is 2.52. The van der Waals surface area contributed by atoms with Crippen LogP contribution in [-0.2, 0) is 6.61 Å². The second-order valence-electron chi connectivity index (χ2n) is 3.40. The van der Waals surface area contributed by atoms with Crippen molar-refractivity contribution in [1.82, 2.24) is 10.1 Å². The SMILES string of the molecule is Cc1noc(COc2ccc([N+](=O)[O-])cc2Cl)n1. The van der Waals surface area contributed by atoms with Crippen molar-refractivity contribution in [3.05, 3.63) is 45.1 Å². The summed E-state index contributed by atoms with van der Waals surface area (Å²) in [5, 5.41) is 14.3. The molecule has 94 valence electrons. The molecule has 0 amide bonds. The second-order valence-corrected chi connectivity index (χ2v) is 3.80. The van der Waals surface area contributed by atoms with Gasteiger partial charge in [0, 0.05) is 12.1 Å². The van der Waals surface area contributed by atoms with Crippen molar-refractivity contribution in [2.24, 2.45) is 0 Å². The lowest BCUT2D eigenvalue weighted by Crippen LogP contribution is -1.97. The van der Waals surface area contributed by atoms with Crippen LogP contribution in [0.4, 0.5) is 5.69 Å². The molecule has 18 heavy (non-hydrogen) atoms. The van der Waals surface area contributed by atoms with Gasteiger partial charge in [-0.05, 0) is 13.0 Å². The third-order valence-electron chi connectivity index (χ3n) is 2.05. The maximum atomic E-state index is 10.5. The Morgan fingerprint density at radius 3 is 2.89 bits per heavy atom. The molecule has 0 aliphatic rings. The number of rotatable bonds is 4. The molecule has 0 aliphatic heterocycles. The van der Waals surface area contributed by atoms with Crippen LogP contribution in [0.3, 0.4) is 0 Å². The number of non-ortho nitro benzene ring substituents is 1. The Morgan fingerprint density at radius 1 is 1.56 bits per heavy atom. The fourth-order valence-electron chi connectivity index (χ4n) is 1.26. The third kappa shape index (κ3) is 2.75. The summed E-state index contributed by atoms with van der Waals surface area (Å²) in [6.07, 6.45) is 0. The average molecular weight is 270 g/mol. The molecule has 0 aliphatic carbocycles. The van der Waals surface area contributed by atoms with E-state index in [9.17, 15) is 10.1 Å². The molecular formula is C10H8ClN3O4. The summed E-state index contributed by atoms with van der Waals surface area (Å²) < 4.78 is 10.2. The Labute approximate surface area is 106 Å². The summed E-state index contributed by atoms with van der Waals surface area (Å²) in [7, 11) is 0. The molecule has 1 aromatic carbocycles. The largest absolute Gasteiger partial charge is 0.482 e. The number of benzene rings is 1. The quantitative estimate of drug-likeness (QED) is 0.625. The van der Waals surface area contributed by atoms with Crippen LogP contribution in [0.2, 0.25) is 5.02 Å². The smallest absolute Gasteiger partial charge is 0.271 e. The zero-order valence-electron chi connectivity index (χ0n) is 9.29. The molecular weight excluding hydrogens is 262 g/mol. The van der Waals surface area contributed by atoms with Gasteiger partial charge in [-0.1, -0.05) is 16.8 Å². The Bertz CT molecular complexity index is 584. The van der Waals surface area contributed by atoms with Gasteiger partial charge >= 0.3 is 0 Å². The van der Waals surface area contributed by atoms with Crippen molar-refractivity contribution in [3.8, 4) is 5.75 Å². The van der Waals surface area contributed by atoms with Gasteiger partial charge in [-0.3, -0.25) is 10.1 Å². The number of aromatic nitrogens is 2. The highest BCUT2D eigenvalue weighted by Gasteiger charge is 2.11. The van der Waals surface area contributed by atoms with Crippen molar-refractivity contribution in [2.45, 2.75) is 13.5 Å². The van der Waals surface area contributed by atoms with E-state index in [1.54, 1.807) is 6.92 Å². The zero-order valence-corrected chi connectivity index (χ0v) is 10.0. The molecule has 7 nitrogen and oxygen atoms in total. The molecule has 1 aromatic heterocycles. The minimum atomic E-state index is -0.531. The number of hydrogen-bond donors (Lipinski definition) is 0. The maximum Gasteiger partial charge on any atom is 0.271 e. The van der Waals surface area contributed by atoms with Crippen LogP contribution in [0.15, 0.2) is 22.7 Å². The van der Waals surface area contributed by atoms with Crippen LogP contribution >= 0.6 is 11.6 Å². The number of hydrogen-bond acceptors (Lipinski definition) is 6. The van der Waals surface area contributed by atoms with Crippen molar-refractivity contribution in [3.63, 3.8) is 0 Å². The van der Waals surface area contributed by atoms with Gasteiger partial charge < -0.3 is 9.26 Å². The van der Waals surface area contributed by atoms with Gasteiger partial charge in [0.05, 0.1) is 9.95 Å². The van der Waals surface area contributed by atoms with Gasteiger partial charge in [0.1, 0.15) is 5.75 Å². The number of halogens is 1. The highest BCUT2D eigenvalue weighted by Crippen LogP contribution is 2.29. The first kappa shape index (κ1) is 12.3. The Morgan fingerprint density at radius 2 is 2.33 bits per heavy atom. The topological polar surface area (TPSA) is 91.3 Å². The van der Waals surface area contributed by atoms with Gasteiger partial charge in [-0.25, -0.2) is 0 Å². The number of nitro groups is 1. The lowest BCUT2D eigenvalue weighted by Gasteiger charge is -2.04. The number of nitrogens with zero attached hydrogens (tertiary/aromatic N) is 3. The first-order chi connectivity index (χ1) is 8.56. The van der Waals surface area contributed by atoms with Crippen LogP contribution in [0, 0.1) is 17.0 Å². The number of ether oxygens (including phenoxy) is 1. The molecule has 0 saturated heterocycles. The highest BCUT2D eigenvalue weighted by atomic mass is 35.5. The Hall–Kier alpha value is -2.15. The van der Waals surface area contributed by atoms with E-state index in [-0.39, 0.29) is 17.3 Å². The van der Waals surface area contributed by atoms with E-state index in [2.05, 4.69) is 10.1 Å². The van der Waals surface area contributed by atoms with Crippen molar-refractivity contribution in [1.29, 1.82) is 0 Å². The first-order valence-electron chi connectivity index (χ1n) is 4.92. The van der Waals surface area contributed by atoms with E-state index in [0.717, 1.165) is 0 Å². The van der Waals surface area contributed by atoms with E-state index < -0.39 is 4.92 Å². The van der Waals surface area contributed by atoms with Crippen LogP contribution in [-0.4, -0.2) is 15.1 Å². The lowest BCUT2D eigenvalue weighted by molar-refractivity contribution is -0.384. The minimum Gasteiger partial charge on any atom is -0.482 e. The van der Waals surface area contributed by atoms with Crippen LogP contribution in [0.5, 0.6) is 5.75 Å². The van der Waals surface area contributed by atoms with Gasteiger partial charge in [-0.2, -0.15) is 4.98 Å². The molecule has 0 atom stereocenters. The van der Waals surface area contributed by atoms with Crippen LogP contribution < -0.4 is 4.74 Å². The van der Waals surface area contributed by atoms with E-state index in [4.69, 9.17) is 20.9 Å². The van der Waals surface area contributed by atoms with Crippen molar-refractivity contribution >= 4 is 17.3 Å². The minimum absolute atomic E-state index is 0.0539. The molecule has 0 N–H and O–H groups in total. The summed E-state index contributed by atoms with van der Waals surface area (Å²) in [5.41, 5.74) is -0.0963. The van der Waals surface area contributed by atoms with Gasteiger partial charge in [0.25, 0.3) is 11.6 Å². The van der Waals surface area contributed by atoms with Gasteiger partial charge in [0.15, 0.2) is 12.4 Å². The molecule has 0 fully saturated rings. The molecule has 0 unspecified atom stereocenters. The van der Waals surface area contributed by atoms with Gasteiger partial charge in [0.2, 0.25) is 0 Å². The summed E-state index contributed by atoms with van der Waals surface area (Å²) >= 11 is 5.85. The number of aryl methyl sites for hydroxylation is 1. The molecule has 0 saturated carbocycles. The molecule has 1 heterocycles. The molecule has 0 bridgehead atoms. The molecule has 2 rings (SSSR count). The van der Waals surface area contributed by atoms with Crippen molar-refractivity contribution < 1.29 is 14.2 Å². The van der Waals surface area contributed by atoms with E-state index >= 15 is 0 Å². The zero-order chi connectivity index (χ0) is 13.1. The van der Waals surface area contributed by atoms with Gasteiger partial charge in [-0.15, -0.1) is 0 Å². The van der Waals surface area contributed by atoms with E-state index in [1.165, 1.54) is 18.2 Å².